The summed E-state index contributed by atoms with van der Waals surface area (Å²) >= 11 is 0. The molecule has 1 aliphatic rings. The highest BCUT2D eigenvalue weighted by atomic mass is 16.5. The number of ether oxygens (including phenoxy) is 1. The topological polar surface area (TPSA) is 104 Å². The average Bonchev–Trinajstić information content (AvgIpc) is 2.26. The summed E-state index contributed by atoms with van der Waals surface area (Å²) in [4.78, 5) is 23.1. The van der Waals surface area contributed by atoms with Crippen LogP contribution in [0.25, 0.3) is 5.76 Å². The molecule has 1 aromatic rings. The van der Waals surface area contributed by atoms with Gasteiger partial charge in [-0.1, -0.05) is 0 Å². The molecule has 1 aromatic carbocycles. The molecule has 88 valence electrons. The first-order chi connectivity index (χ1) is 7.97. The van der Waals surface area contributed by atoms with Gasteiger partial charge in [0.1, 0.15) is 11.5 Å². The molecular formula is C11H8O6. The molecule has 6 nitrogen and oxygen atoms in total. The SMILES string of the molecule is COC1=C(O)c2cc(O)cc(O)c2C(=O)C1=O. The van der Waals surface area contributed by atoms with Crippen LogP contribution in [0.4, 0.5) is 0 Å². The third-order valence-corrected chi connectivity index (χ3v) is 2.42. The summed E-state index contributed by atoms with van der Waals surface area (Å²) in [5.41, 5.74) is -0.477. The number of aliphatic hydroxyl groups excluding tert-OH is 1. The Morgan fingerprint density at radius 3 is 2.29 bits per heavy atom. The number of phenols is 2. The molecule has 0 spiro atoms. The van der Waals surface area contributed by atoms with Gasteiger partial charge in [-0.3, -0.25) is 9.59 Å². The van der Waals surface area contributed by atoms with E-state index in [9.17, 15) is 24.9 Å². The van der Waals surface area contributed by atoms with Gasteiger partial charge in [0.25, 0.3) is 5.78 Å². The first-order valence-corrected chi connectivity index (χ1v) is 4.60. The van der Waals surface area contributed by atoms with Crippen LogP contribution in [-0.2, 0) is 9.53 Å². The van der Waals surface area contributed by atoms with Crippen LogP contribution in [0.3, 0.4) is 0 Å². The first kappa shape index (κ1) is 11.0. The number of fused-ring (bicyclic) bond motifs is 1. The number of aromatic hydroxyl groups is 2. The van der Waals surface area contributed by atoms with Gasteiger partial charge in [0.05, 0.1) is 12.7 Å². The van der Waals surface area contributed by atoms with E-state index in [2.05, 4.69) is 4.74 Å². The van der Waals surface area contributed by atoms with Crippen LogP contribution in [0.15, 0.2) is 17.9 Å². The molecule has 0 amide bonds. The fraction of sp³-hybridized carbons (Fsp3) is 0.0909. The van der Waals surface area contributed by atoms with Gasteiger partial charge in [0.2, 0.25) is 11.5 Å². The molecule has 0 aromatic heterocycles. The van der Waals surface area contributed by atoms with Gasteiger partial charge in [-0.2, -0.15) is 0 Å². The van der Waals surface area contributed by atoms with Gasteiger partial charge in [0.15, 0.2) is 5.76 Å². The molecule has 6 heteroatoms. The number of benzene rings is 1. The Balaban J connectivity index is 2.83. The van der Waals surface area contributed by atoms with Crippen molar-refractivity contribution in [1.29, 1.82) is 0 Å². The fourth-order valence-electron chi connectivity index (χ4n) is 1.67. The Kier molecular flexibility index (Phi) is 2.27. The molecule has 1 aliphatic carbocycles. The molecule has 0 bridgehead atoms. The lowest BCUT2D eigenvalue weighted by atomic mass is 9.91. The average molecular weight is 236 g/mol. The number of carbonyl (C=O) groups excluding carboxylic acids is 2. The summed E-state index contributed by atoms with van der Waals surface area (Å²) in [6.07, 6.45) is 0. The van der Waals surface area contributed by atoms with E-state index in [1.165, 1.54) is 0 Å². The predicted octanol–water partition coefficient (Wildman–Crippen LogP) is 0.736. The second-order valence-electron chi connectivity index (χ2n) is 3.43. The third-order valence-electron chi connectivity index (χ3n) is 2.42. The standard InChI is InChI=1S/C11H8O6/c1-17-11-8(14)5-2-4(12)3-6(13)7(5)9(15)10(11)16/h2-3,12-14H,1H3. The zero-order chi connectivity index (χ0) is 12.7. The second-order valence-corrected chi connectivity index (χ2v) is 3.43. The Bertz CT molecular complexity index is 570. The summed E-state index contributed by atoms with van der Waals surface area (Å²) in [7, 11) is 1.13. The number of hydrogen-bond acceptors (Lipinski definition) is 6. The molecule has 0 fully saturated rings. The van der Waals surface area contributed by atoms with Gasteiger partial charge in [-0.15, -0.1) is 0 Å². The lowest BCUT2D eigenvalue weighted by Crippen LogP contribution is -2.25. The van der Waals surface area contributed by atoms with E-state index < -0.39 is 28.8 Å². The fourth-order valence-corrected chi connectivity index (χ4v) is 1.67. The van der Waals surface area contributed by atoms with Crippen LogP contribution in [0.2, 0.25) is 0 Å². The molecule has 17 heavy (non-hydrogen) atoms. The monoisotopic (exact) mass is 236 g/mol. The minimum atomic E-state index is -1.04. The van der Waals surface area contributed by atoms with Crippen LogP contribution in [0, 0.1) is 0 Å². The number of carbonyl (C=O) groups is 2. The third kappa shape index (κ3) is 1.42. The number of Topliss-reactive ketones (excluding diaryl/α,β-unsaturated/α-hetero) is 2. The van der Waals surface area contributed by atoms with Gasteiger partial charge >= 0.3 is 0 Å². The van der Waals surface area contributed by atoms with E-state index >= 15 is 0 Å². The number of ketones is 2. The molecule has 0 saturated carbocycles. The summed E-state index contributed by atoms with van der Waals surface area (Å²) in [5, 5.41) is 28.5. The number of methoxy groups -OCH3 is 1. The van der Waals surface area contributed by atoms with E-state index in [0.717, 1.165) is 19.2 Å². The number of rotatable bonds is 1. The van der Waals surface area contributed by atoms with Gasteiger partial charge < -0.3 is 20.1 Å². The Hall–Kier alpha value is -2.50. The van der Waals surface area contributed by atoms with Crippen molar-refractivity contribution in [2.75, 3.05) is 7.11 Å². The van der Waals surface area contributed by atoms with Crippen molar-refractivity contribution in [3.8, 4) is 11.5 Å². The van der Waals surface area contributed by atoms with Crippen molar-refractivity contribution in [2.45, 2.75) is 0 Å². The maximum absolute atomic E-state index is 11.6. The minimum absolute atomic E-state index is 0.135. The molecule has 2 rings (SSSR count). The largest absolute Gasteiger partial charge is 0.508 e. The molecule has 0 aliphatic heterocycles. The zero-order valence-corrected chi connectivity index (χ0v) is 8.72. The van der Waals surface area contributed by atoms with Crippen LogP contribution in [-0.4, -0.2) is 34.0 Å². The summed E-state index contributed by atoms with van der Waals surface area (Å²) < 4.78 is 4.62. The Labute approximate surface area is 95.4 Å². The molecular weight excluding hydrogens is 228 g/mol. The smallest absolute Gasteiger partial charge is 0.272 e. The summed E-state index contributed by atoms with van der Waals surface area (Å²) in [5.74, 6) is -4.04. The lowest BCUT2D eigenvalue weighted by molar-refractivity contribution is -0.114. The van der Waals surface area contributed by atoms with E-state index in [4.69, 9.17) is 0 Å². The van der Waals surface area contributed by atoms with Crippen LogP contribution < -0.4 is 0 Å². The maximum Gasteiger partial charge on any atom is 0.272 e. The van der Waals surface area contributed by atoms with Crippen molar-refractivity contribution in [2.24, 2.45) is 0 Å². The number of phenolic OH excluding ortho intramolecular Hbond substituents is 2. The van der Waals surface area contributed by atoms with E-state index in [1.807, 2.05) is 0 Å². The summed E-state index contributed by atoms with van der Waals surface area (Å²) in [6.45, 7) is 0. The second kappa shape index (κ2) is 3.51. The van der Waals surface area contributed by atoms with Crippen LogP contribution >= 0.6 is 0 Å². The highest BCUT2D eigenvalue weighted by Crippen LogP contribution is 2.36. The van der Waals surface area contributed by atoms with Gasteiger partial charge in [-0.05, 0) is 6.07 Å². The lowest BCUT2D eigenvalue weighted by Gasteiger charge is -2.17. The first-order valence-electron chi connectivity index (χ1n) is 4.60. The predicted molar refractivity (Wildman–Crippen MR) is 55.7 cm³/mol. The number of hydrogen-bond donors (Lipinski definition) is 3. The molecule has 0 saturated heterocycles. The molecule has 0 radical (unpaired) electrons. The van der Waals surface area contributed by atoms with Crippen molar-refractivity contribution in [3.05, 3.63) is 29.0 Å². The molecule has 0 atom stereocenters. The van der Waals surface area contributed by atoms with Crippen LogP contribution in [0.5, 0.6) is 11.5 Å². The highest BCUT2D eigenvalue weighted by molar-refractivity contribution is 6.52. The van der Waals surface area contributed by atoms with Crippen molar-refractivity contribution in [1.82, 2.24) is 0 Å². The zero-order valence-electron chi connectivity index (χ0n) is 8.72. The van der Waals surface area contributed by atoms with Gasteiger partial charge in [0, 0.05) is 11.6 Å². The molecule has 3 N–H and O–H groups in total. The Morgan fingerprint density at radius 1 is 1.06 bits per heavy atom. The van der Waals surface area contributed by atoms with Crippen molar-refractivity contribution >= 4 is 17.3 Å². The quantitative estimate of drug-likeness (QED) is 0.621. The molecule has 0 unspecified atom stereocenters. The van der Waals surface area contributed by atoms with Crippen molar-refractivity contribution < 1.29 is 29.6 Å². The van der Waals surface area contributed by atoms with E-state index in [1.54, 1.807) is 0 Å². The van der Waals surface area contributed by atoms with Gasteiger partial charge in [-0.25, -0.2) is 0 Å². The number of allylic oxidation sites excluding steroid dienone is 1. The minimum Gasteiger partial charge on any atom is -0.508 e. The van der Waals surface area contributed by atoms with Crippen LogP contribution in [0.1, 0.15) is 15.9 Å². The molecule has 0 heterocycles. The summed E-state index contributed by atoms with van der Waals surface area (Å²) in [6, 6.07) is 1.98. The normalized spacial score (nSPS) is 14.9. The van der Waals surface area contributed by atoms with E-state index in [0.29, 0.717) is 0 Å². The maximum atomic E-state index is 11.6. The van der Waals surface area contributed by atoms with Crippen molar-refractivity contribution in [3.63, 3.8) is 0 Å². The highest BCUT2D eigenvalue weighted by Gasteiger charge is 2.36. The van der Waals surface area contributed by atoms with E-state index in [-0.39, 0.29) is 16.9 Å². The number of aliphatic hydroxyl groups is 1. The Morgan fingerprint density at radius 2 is 1.71 bits per heavy atom.